The van der Waals surface area contributed by atoms with E-state index in [9.17, 15) is 0 Å². The molecule has 0 bridgehead atoms. The zero-order valence-electron chi connectivity index (χ0n) is 6.26. The van der Waals surface area contributed by atoms with E-state index in [1.807, 2.05) is 12.3 Å². The van der Waals surface area contributed by atoms with Gasteiger partial charge in [0.25, 0.3) is 0 Å². The highest BCUT2D eigenvalue weighted by Gasteiger charge is 2.06. The molecule has 60 valence electrons. The molecule has 0 saturated heterocycles. The third-order valence-corrected chi connectivity index (χ3v) is 2.92. The molecule has 1 heterocycles. The molecule has 0 aliphatic carbocycles. The number of thiocarbonyl (C=S) groups is 1. The predicted molar refractivity (Wildman–Crippen MR) is 52.8 cm³/mol. The standard InChI is InChI=1S/C7H10N2S2/c1-4-5(7(9)10)3-11-6(4)2-8/h3H,2,8H2,1H3,(H2,9,10). The van der Waals surface area contributed by atoms with Gasteiger partial charge in [0, 0.05) is 22.4 Å². The van der Waals surface area contributed by atoms with Crippen LogP contribution in [0.25, 0.3) is 0 Å². The highest BCUT2D eigenvalue weighted by Crippen LogP contribution is 2.20. The molecular formula is C7H10N2S2. The number of hydrogen-bond donors (Lipinski definition) is 2. The summed E-state index contributed by atoms with van der Waals surface area (Å²) in [5.74, 6) is 0. The van der Waals surface area contributed by atoms with E-state index in [-0.39, 0.29) is 0 Å². The monoisotopic (exact) mass is 186 g/mol. The molecule has 0 amide bonds. The van der Waals surface area contributed by atoms with Gasteiger partial charge < -0.3 is 11.5 Å². The Labute approximate surface area is 75.2 Å². The lowest BCUT2D eigenvalue weighted by atomic mass is 10.2. The Morgan fingerprint density at radius 1 is 1.73 bits per heavy atom. The topological polar surface area (TPSA) is 52.0 Å². The summed E-state index contributed by atoms with van der Waals surface area (Å²) in [7, 11) is 0. The fourth-order valence-electron chi connectivity index (χ4n) is 0.901. The third kappa shape index (κ3) is 1.58. The van der Waals surface area contributed by atoms with Gasteiger partial charge in [0.1, 0.15) is 4.99 Å². The minimum absolute atomic E-state index is 0.457. The maximum Gasteiger partial charge on any atom is 0.105 e. The van der Waals surface area contributed by atoms with Gasteiger partial charge in [0.2, 0.25) is 0 Å². The van der Waals surface area contributed by atoms with E-state index in [1.54, 1.807) is 11.3 Å². The van der Waals surface area contributed by atoms with Crippen LogP contribution in [0.2, 0.25) is 0 Å². The lowest BCUT2D eigenvalue weighted by Gasteiger charge is -1.96. The molecule has 4 heteroatoms. The molecule has 1 aromatic rings. The van der Waals surface area contributed by atoms with Gasteiger partial charge >= 0.3 is 0 Å². The van der Waals surface area contributed by atoms with Gasteiger partial charge in [-0.2, -0.15) is 0 Å². The lowest BCUT2D eigenvalue weighted by molar-refractivity contribution is 1.09. The molecular weight excluding hydrogens is 176 g/mol. The number of rotatable bonds is 2. The smallest absolute Gasteiger partial charge is 0.105 e. The van der Waals surface area contributed by atoms with E-state index < -0.39 is 0 Å². The first-order valence-corrected chi connectivity index (χ1v) is 4.52. The molecule has 4 N–H and O–H groups in total. The molecule has 1 rings (SSSR count). The van der Waals surface area contributed by atoms with Crippen molar-refractivity contribution in [1.82, 2.24) is 0 Å². The third-order valence-electron chi connectivity index (χ3n) is 1.59. The van der Waals surface area contributed by atoms with Crippen LogP contribution in [-0.2, 0) is 6.54 Å². The van der Waals surface area contributed by atoms with Crippen LogP contribution >= 0.6 is 23.6 Å². The van der Waals surface area contributed by atoms with E-state index in [2.05, 4.69) is 0 Å². The van der Waals surface area contributed by atoms with E-state index >= 15 is 0 Å². The van der Waals surface area contributed by atoms with Crippen molar-refractivity contribution in [3.8, 4) is 0 Å². The van der Waals surface area contributed by atoms with Crippen LogP contribution in [0.1, 0.15) is 16.0 Å². The van der Waals surface area contributed by atoms with Gasteiger partial charge in [-0.25, -0.2) is 0 Å². The van der Waals surface area contributed by atoms with Gasteiger partial charge in [-0.15, -0.1) is 11.3 Å². The van der Waals surface area contributed by atoms with Crippen LogP contribution < -0.4 is 11.5 Å². The Balaban J connectivity index is 3.10. The fraction of sp³-hybridized carbons (Fsp3) is 0.286. The number of hydrogen-bond acceptors (Lipinski definition) is 3. The summed E-state index contributed by atoms with van der Waals surface area (Å²) in [4.78, 5) is 1.62. The Kier molecular flexibility index (Phi) is 2.59. The molecule has 0 aliphatic heterocycles. The maximum atomic E-state index is 5.49. The molecule has 0 aliphatic rings. The van der Waals surface area contributed by atoms with Crippen molar-refractivity contribution in [3.63, 3.8) is 0 Å². The lowest BCUT2D eigenvalue weighted by Crippen LogP contribution is -2.10. The summed E-state index contributed by atoms with van der Waals surface area (Å²) < 4.78 is 0. The average molecular weight is 186 g/mol. The predicted octanol–water partition coefficient (Wildman–Crippen LogP) is 1.15. The molecule has 0 radical (unpaired) electrons. The summed E-state index contributed by atoms with van der Waals surface area (Å²) in [6.45, 7) is 2.56. The Hall–Kier alpha value is -0.450. The maximum absolute atomic E-state index is 5.49. The molecule has 11 heavy (non-hydrogen) atoms. The Morgan fingerprint density at radius 3 is 2.64 bits per heavy atom. The van der Waals surface area contributed by atoms with Gasteiger partial charge in [0.05, 0.1) is 0 Å². The molecule has 2 nitrogen and oxygen atoms in total. The normalized spacial score (nSPS) is 10.0. The van der Waals surface area contributed by atoms with Crippen LogP contribution in [0.4, 0.5) is 0 Å². The first kappa shape index (κ1) is 8.64. The summed E-state index contributed by atoms with van der Waals surface area (Å²) in [6.07, 6.45) is 0. The second-order valence-corrected chi connectivity index (χ2v) is 3.67. The van der Waals surface area contributed by atoms with E-state index in [1.165, 1.54) is 0 Å². The van der Waals surface area contributed by atoms with E-state index in [4.69, 9.17) is 23.7 Å². The largest absolute Gasteiger partial charge is 0.389 e. The first-order valence-electron chi connectivity index (χ1n) is 3.23. The molecule has 1 aromatic heterocycles. The van der Waals surface area contributed by atoms with Gasteiger partial charge in [-0.1, -0.05) is 12.2 Å². The van der Waals surface area contributed by atoms with Crippen molar-refractivity contribution in [1.29, 1.82) is 0 Å². The van der Waals surface area contributed by atoms with Crippen LogP contribution in [-0.4, -0.2) is 4.99 Å². The summed E-state index contributed by atoms with van der Waals surface area (Å²) >= 11 is 6.47. The Bertz CT molecular complexity index is 278. The van der Waals surface area contributed by atoms with Crippen LogP contribution in [0.5, 0.6) is 0 Å². The molecule has 0 unspecified atom stereocenters. The second kappa shape index (κ2) is 3.30. The van der Waals surface area contributed by atoms with Crippen LogP contribution in [0.15, 0.2) is 5.38 Å². The van der Waals surface area contributed by atoms with E-state index in [0.29, 0.717) is 11.5 Å². The molecule has 0 atom stereocenters. The summed E-state index contributed by atoms with van der Waals surface area (Å²) in [6, 6.07) is 0. The molecule has 0 saturated carbocycles. The van der Waals surface area contributed by atoms with Crippen molar-refractivity contribution >= 4 is 28.5 Å². The summed E-state index contributed by atoms with van der Waals surface area (Å²) in [5, 5.41) is 1.96. The van der Waals surface area contributed by atoms with Crippen LogP contribution in [0.3, 0.4) is 0 Å². The van der Waals surface area contributed by atoms with Crippen molar-refractivity contribution in [2.24, 2.45) is 11.5 Å². The fourth-order valence-corrected chi connectivity index (χ4v) is 2.13. The highest BCUT2D eigenvalue weighted by molar-refractivity contribution is 7.80. The van der Waals surface area contributed by atoms with Gasteiger partial charge in [0.15, 0.2) is 0 Å². The van der Waals surface area contributed by atoms with E-state index in [0.717, 1.165) is 16.0 Å². The minimum atomic E-state index is 0.457. The van der Waals surface area contributed by atoms with Crippen molar-refractivity contribution in [3.05, 3.63) is 21.4 Å². The summed E-state index contributed by atoms with van der Waals surface area (Å²) in [5.41, 5.74) is 13.1. The first-order chi connectivity index (χ1) is 5.16. The number of thiophene rings is 1. The zero-order chi connectivity index (χ0) is 8.43. The van der Waals surface area contributed by atoms with Crippen molar-refractivity contribution < 1.29 is 0 Å². The van der Waals surface area contributed by atoms with Gasteiger partial charge in [-0.3, -0.25) is 0 Å². The molecule has 0 fully saturated rings. The quantitative estimate of drug-likeness (QED) is 0.681. The number of nitrogens with two attached hydrogens (primary N) is 2. The molecule has 0 aromatic carbocycles. The molecule has 0 spiro atoms. The Morgan fingerprint density at radius 2 is 2.36 bits per heavy atom. The average Bonchev–Trinajstić information content (AvgIpc) is 2.30. The zero-order valence-corrected chi connectivity index (χ0v) is 7.89. The van der Waals surface area contributed by atoms with Crippen molar-refractivity contribution in [2.75, 3.05) is 0 Å². The second-order valence-electron chi connectivity index (χ2n) is 2.27. The SMILES string of the molecule is Cc1c(C(N)=S)csc1CN. The van der Waals surface area contributed by atoms with Gasteiger partial charge in [-0.05, 0) is 12.5 Å². The van der Waals surface area contributed by atoms with Crippen molar-refractivity contribution in [2.45, 2.75) is 13.5 Å². The minimum Gasteiger partial charge on any atom is -0.389 e. The highest BCUT2D eigenvalue weighted by atomic mass is 32.1. The van der Waals surface area contributed by atoms with Crippen LogP contribution in [0, 0.1) is 6.92 Å².